The summed E-state index contributed by atoms with van der Waals surface area (Å²) in [6.07, 6.45) is 1.83. The van der Waals surface area contributed by atoms with Gasteiger partial charge in [-0.15, -0.1) is 0 Å². The van der Waals surface area contributed by atoms with E-state index in [4.69, 9.17) is 0 Å². The maximum atomic E-state index is 13.5. The van der Waals surface area contributed by atoms with Crippen LogP contribution in [0, 0.1) is 19.8 Å². The van der Waals surface area contributed by atoms with Crippen molar-refractivity contribution in [2.24, 2.45) is 5.92 Å². The fourth-order valence-electron chi connectivity index (χ4n) is 4.14. The topological polar surface area (TPSA) is 60.9 Å². The third-order valence-corrected chi connectivity index (χ3v) is 5.79. The van der Waals surface area contributed by atoms with E-state index in [1.54, 1.807) is 0 Å². The van der Waals surface area contributed by atoms with Crippen LogP contribution in [0.3, 0.4) is 0 Å². The summed E-state index contributed by atoms with van der Waals surface area (Å²) in [5.41, 5.74) is 4.42. The molecule has 5 nitrogen and oxygen atoms in total. The number of rotatable bonds is 4. The number of aliphatic hydroxyl groups is 1. The zero-order chi connectivity index (χ0) is 20.5. The Balaban J connectivity index is 1.80. The lowest BCUT2D eigenvalue weighted by Crippen LogP contribution is -2.40. The van der Waals surface area contributed by atoms with Crippen LogP contribution in [0.5, 0.6) is 0 Å². The van der Waals surface area contributed by atoms with Crippen molar-refractivity contribution >= 4 is 23.1 Å². The molecule has 0 bridgehead atoms. The average molecular weight is 390 g/mol. The summed E-state index contributed by atoms with van der Waals surface area (Å²) >= 11 is 0. The van der Waals surface area contributed by atoms with Crippen LogP contribution in [0.4, 0.5) is 5.69 Å². The molecule has 2 aromatic carbocycles. The highest BCUT2D eigenvalue weighted by Gasteiger charge is 2.43. The monoisotopic (exact) mass is 390 g/mol. The molecule has 0 spiro atoms. The summed E-state index contributed by atoms with van der Waals surface area (Å²) in [7, 11) is 0. The molecular weight excluding hydrogens is 364 g/mol. The molecule has 1 saturated heterocycles. The van der Waals surface area contributed by atoms with Gasteiger partial charge in [0.25, 0.3) is 11.8 Å². The SMILES string of the molecule is Cc1ccc(C2=C(N3CCCC(CO)C3)C(=O)N(c3ccc(C)cc3)C2=O)cc1. The summed E-state index contributed by atoms with van der Waals surface area (Å²) < 4.78 is 0. The third kappa shape index (κ3) is 3.58. The Morgan fingerprint density at radius 1 is 0.931 bits per heavy atom. The van der Waals surface area contributed by atoms with Gasteiger partial charge in [0.1, 0.15) is 5.70 Å². The van der Waals surface area contributed by atoms with Crippen molar-refractivity contribution < 1.29 is 14.7 Å². The molecule has 0 radical (unpaired) electrons. The number of hydrogen-bond donors (Lipinski definition) is 1. The number of anilines is 1. The fraction of sp³-hybridized carbons (Fsp3) is 0.333. The predicted octanol–water partition coefficient (Wildman–Crippen LogP) is 3.29. The number of imide groups is 1. The van der Waals surface area contributed by atoms with Gasteiger partial charge in [0.2, 0.25) is 0 Å². The Bertz CT molecular complexity index is 961. The number of aryl methyl sites for hydroxylation is 2. The van der Waals surface area contributed by atoms with Crippen LogP contribution >= 0.6 is 0 Å². The van der Waals surface area contributed by atoms with Crippen LogP contribution in [-0.2, 0) is 9.59 Å². The van der Waals surface area contributed by atoms with E-state index < -0.39 is 0 Å². The van der Waals surface area contributed by atoms with Gasteiger partial charge in [-0.05, 0) is 50.3 Å². The summed E-state index contributed by atoms with van der Waals surface area (Å²) in [6, 6.07) is 15.2. The molecule has 1 atom stereocenters. The molecule has 0 aliphatic carbocycles. The van der Waals surface area contributed by atoms with Gasteiger partial charge < -0.3 is 10.0 Å². The Labute approximate surface area is 171 Å². The Morgan fingerprint density at radius 2 is 1.55 bits per heavy atom. The second-order valence-electron chi connectivity index (χ2n) is 8.01. The van der Waals surface area contributed by atoms with Gasteiger partial charge in [-0.3, -0.25) is 9.59 Å². The molecule has 5 heteroatoms. The van der Waals surface area contributed by atoms with Crippen molar-refractivity contribution in [2.75, 3.05) is 24.6 Å². The van der Waals surface area contributed by atoms with Crippen LogP contribution in [0.15, 0.2) is 54.2 Å². The van der Waals surface area contributed by atoms with Crippen molar-refractivity contribution in [3.63, 3.8) is 0 Å². The highest BCUT2D eigenvalue weighted by molar-refractivity contribution is 6.45. The van der Waals surface area contributed by atoms with Crippen molar-refractivity contribution in [2.45, 2.75) is 26.7 Å². The highest BCUT2D eigenvalue weighted by Crippen LogP contribution is 2.36. The van der Waals surface area contributed by atoms with Gasteiger partial charge in [-0.2, -0.15) is 0 Å². The maximum Gasteiger partial charge on any atom is 0.282 e. The summed E-state index contributed by atoms with van der Waals surface area (Å²) in [5, 5.41) is 9.63. The van der Waals surface area contributed by atoms with E-state index in [9.17, 15) is 14.7 Å². The molecule has 0 saturated carbocycles. The minimum atomic E-state index is -0.288. The zero-order valence-electron chi connectivity index (χ0n) is 16.9. The van der Waals surface area contributed by atoms with Crippen molar-refractivity contribution in [3.8, 4) is 0 Å². The quantitative estimate of drug-likeness (QED) is 0.814. The molecule has 1 N–H and O–H groups in total. The number of hydrogen-bond acceptors (Lipinski definition) is 4. The van der Waals surface area contributed by atoms with Gasteiger partial charge in [0.15, 0.2) is 0 Å². The van der Waals surface area contributed by atoms with E-state index in [0.717, 1.165) is 29.5 Å². The molecule has 29 heavy (non-hydrogen) atoms. The first-order chi connectivity index (χ1) is 14.0. The standard InChI is InChI=1S/C24H26N2O3/c1-16-5-9-19(10-6-16)21-22(25-13-3-4-18(14-25)15-27)24(29)26(23(21)28)20-11-7-17(2)8-12-20/h5-12,18,27H,3-4,13-15H2,1-2H3. The largest absolute Gasteiger partial charge is 0.396 e. The summed E-state index contributed by atoms with van der Waals surface area (Å²) in [6.45, 7) is 5.36. The molecule has 150 valence electrons. The lowest BCUT2D eigenvalue weighted by atomic mass is 9.96. The van der Waals surface area contributed by atoms with Crippen LogP contribution in [-0.4, -0.2) is 41.5 Å². The number of nitrogens with zero attached hydrogens (tertiary/aromatic N) is 2. The summed E-state index contributed by atoms with van der Waals surface area (Å²) in [4.78, 5) is 30.2. The number of amides is 2. The Kier molecular flexibility index (Phi) is 5.24. The molecule has 2 heterocycles. The number of piperidine rings is 1. The Morgan fingerprint density at radius 3 is 2.17 bits per heavy atom. The number of likely N-dealkylation sites (tertiary alicyclic amines) is 1. The zero-order valence-corrected chi connectivity index (χ0v) is 16.9. The molecule has 1 unspecified atom stereocenters. The first-order valence-corrected chi connectivity index (χ1v) is 10.1. The summed E-state index contributed by atoms with van der Waals surface area (Å²) in [5.74, 6) is -0.455. The first kappa shape index (κ1) is 19.4. The van der Waals surface area contributed by atoms with Gasteiger partial charge in [-0.1, -0.05) is 47.5 Å². The van der Waals surface area contributed by atoms with Crippen molar-refractivity contribution in [1.82, 2.24) is 4.90 Å². The second kappa shape index (κ2) is 7.84. The highest BCUT2D eigenvalue weighted by atomic mass is 16.3. The normalized spacial score (nSPS) is 20.0. The van der Waals surface area contributed by atoms with E-state index in [1.165, 1.54) is 4.90 Å². The van der Waals surface area contributed by atoms with Crippen LogP contribution in [0.2, 0.25) is 0 Å². The molecular formula is C24H26N2O3. The van der Waals surface area contributed by atoms with E-state index in [-0.39, 0.29) is 24.3 Å². The number of aliphatic hydroxyl groups excluding tert-OH is 1. The van der Waals surface area contributed by atoms with E-state index in [0.29, 0.717) is 30.0 Å². The molecule has 2 amide bonds. The van der Waals surface area contributed by atoms with Gasteiger partial charge in [0, 0.05) is 19.7 Å². The third-order valence-electron chi connectivity index (χ3n) is 5.79. The van der Waals surface area contributed by atoms with Gasteiger partial charge in [-0.25, -0.2) is 4.90 Å². The maximum absolute atomic E-state index is 13.5. The Hall–Kier alpha value is -2.92. The van der Waals surface area contributed by atoms with Gasteiger partial charge in [0.05, 0.1) is 11.3 Å². The minimum absolute atomic E-state index is 0.0907. The molecule has 4 rings (SSSR count). The average Bonchev–Trinajstić information content (AvgIpc) is 2.99. The van der Waals surface area contributed by atoms with Crippen LogP contribution in [0.1, 0.15) is 29.5 Å². The minimum Gasteiger partial charge on any atom is -0.396 e. The lowest BCUT2D eigenvalue weighted by Gasteiger charge is -2.34. The lowest BCUT2D eigenvalue weighted by molar-refractivity contribution is -0.120. The molecule has 2 aliphatic heterocycles. The molecule has 2 aliphatic rings. The van der Waals surface area contributed by atoms with E-state index in [2.05, 4.69) is 0 Å². The van der Waals surface area contributed by atoms with E-state index in [1.807, 2.05) is 67.3 Å². The smallest absolute Gasteiger partial charge is 0.282 e. The first-order valence-electron chi connectivity index (χ1n) is 10.1. The number of benzene rings is 2. The molecule has 1 fully saturated rings. The van der Waals surface area contributed by atoms with Crippen molar-refractivity contribution in [3.05, 3.63) is 70.9 Å². The van der Waals surface area contributed by atoms with Crippen LogP contribution in [0.25, 0.3) is 5.57 Å². The fourth-order valence-corrected chi connectivity index (χ4v) is 4.14. The number of carbonyl (C=O) groups excluding carboxylic acids is 2. The van der Waals surface area contributed by atoms with Gasteiger partial charge >= 0.3 is 0 Å². The van der Waals surface area contributed by atoms with Crippen molar-refractivity contribution in [1.29, 1.82) is 0 Å². The number of carbonyl (C=O) groups is 2. The second-order valence-corrected chi connectivity index (χ2v) is 8.01. The molecule has 2 aromatic rings. The van der Waals surface area contributed by atoms with Crippen LogP contribution < -0.4 is 4.90 Å². The predicted molar refractivity (Wildman–Crippen MR) is 113 cm³/mol. The molecule has 0 aromatic heterocycles. The van der Waals surface area contributed by atoms with E-state index >= 15 is 0 Å².